The molecular formula is C10H16N4O. The average Bonchev–Trinajstić information content (AvgIpc) is 2.26. The van der Waals surface area contributed by atoms with Gasteiger partial charge in [0, 0.05) is 20.1 Å². The van der Waals surface area contributed by atoms with Crippen molar-refractivity contribution in [2.45, 2.75) is 0 Å². The minimum absolute atomic E-state index is 0.295. The fourth-order valence-corrected chi connectivity index (χ4v) is 1.17. The van der Waals surface area contributed by atoms with Gasteiger partial charge in [0.2, 0.25) is 0 Å². The molecule has 0 aliphatic carbocycles. The molecule has 0 aliphatic heterocycles. The smallest absolute Gasteiger partial charge is 0.267 e. The van der Waals surface area contributed by atoms with Crippen molar-refractivity contribution in [2.24, 2.45) is 5.73 Å². The second-order valence-corrected chi connectivity index (χ2v) is 3.27. The predicted octanol–water partition coefficient (Wildman–Crippen LogP) is -0.164. The van der Waals surface area contributed by atoms with Gasteiger partial charge in [-0.05, 0) is 19.2 Å². The summed E-state index contributed by atoms with van der Waals surface area (Å²) in [4.78, 5) is 17.0. The largest absolute Gasteiger partial charge is 0.364 e. The number of likely N-dealkylation sites (N-methyl/N-ethyl adjacent to an activating group) is 2. The van der Waals surface area contributed by atoms with Crippen LogP contribution in [-0.2, 0) is 0 Å². The van der Waals surface area contributed by atoms with Crippen molar-refractivity contribution in [3.05, 3.63) is 23.9 Å². The van der Waals surface area contributed by atoms with Gasteiger partial charge in [0.05, 0.1) is 0 Å². The van der Waals surface area contributed by atoms with Gasteiger partial charge in [0.25, 0.3) is 5.91 Å². The molecule has 5 heteroatoms. The van der Waals surface area contributed by atoms with E-state index in [1.165, 1.54) is 0 Å². The van der Waals surface area contributed by atoms with E-state index in [4.69, 9.17) is 5.73 Å². The lowest BCUT2D eigenvalue weighted by Crippen LogP contribution is -2.28. The molecule has 3 N–H and O–H groups in total. The number of rotatable bonds is 5. The number of primary amides is 1. The van der Waals surface area contributed by atoms with E-state index in [-0.39, 0.29) is 0 Å². The number of pyridine rings is 1. The lowest BCUT2D eigenvalue weighted by atomic mass is 10.3. The van der Waals surface area contributed by atoms with Crippen molar-refractivity contribution in [1.29, 1.82) is 0 Å². The van der Waals surface area contributed by atoms with Crippen LogP contribution in [0.3, 0.4) is 0 Å². The summed E-state index contributed by atoms with van der Waals surface area (Å²) in [5.41, 5.74) is 5.45. The maximum Gasteiger partial charge on any atom is 0.267 e. The van der Waals surface area contributed by atoms with Crippen LogP contribution in [0.25, 0.3) is 0 Å². The fraction of sp³-hybridized carbons (Fsp3) is 0.400. The van der Waals surface area contributed by atoms with Gasteiger partial charge < -0.3 is 16.0 Å². The van der Waals surface area contributed by atoms with Gasteiger partial charge in [-0.2, -0.15) is 0 Å². The molecular weight excluding hydrogens is 192 g/mol. The first kappa shape index (κ1) is 11.5. The van der Waals surface area contributed by atoms with Crippen LogP contribution in [0.4, 0.5) is 5.82 Å². The zero-order valence-electron chi connectivity index (χ0n) is 9.03. The number of anilines is 1. The number of nitrogens with one attached hydrogen (secondary N) is 1. The number of amides is 1. The van der Waals surface area contributed by atoms with Gasteiger partial charge in [0.15, 0.2) is 0 Å². The Hall–Kier alpha value is -1.62. The van der Waals surface area contributed by atoms with E-state index >= 15 is 0 Å². The number of aromatic nitrogens is 1. The summed E-state index contributed by atoms with van der Waals surface area (Å²) in [6, 6.07) is 5.23. The molecule has 0 saturated heterocycles. The summed E-state index contributed by atoms with van der Waals surface area (Å²) >= 11 is 0. The number of nitrogens with zero attached hydrogens (tertiary/aromatic N) is 2. The molecule has 1 aromatic rings. The Balaban J connectivity index is 2.76. The molecule has 1 aromatic heterocycles. The van der Waals surface area contributed by atoms with Crippen molar-refractivity contribution in [2.75, 3.05) is 32.1 Å². The molecule has 0 spiro atoms. The Morgan fingerprint density at radius 1 is 1.60 bits per heavy atom. The molecule has 0 aromatic carbocycles. The van der Waals surface area contributed by atoms with E-state index in [1.54, 1.807) is 12.1 Å². The van der Waals surface area contributed by atoms with Crippen LogP contribution in [0.15, 0.2) is 18.2 Å². The minimum atomic E-state index is -0.501. The molecule has 82 valence electrons. The second kappa shape index (κ2) is 5.31. The van der Waals surface area contributed by atoms with Gasteiger partial charge in [-0.1, -0.05) is 6.07 Å². The molecule has 5 nitrogen and oxygen atoms in total. The van der Waals surface area contributed by atoms with Gasteiger partial charge in [0.1, 0.15) is 11.5 Å². The quantitative estimate of drug-likeness (QED) is 0.705. The molecule has 0 radical (unpaired) electrons. The normalized spacial score (nSPS) is 10.0. The third-order valence-corrected chi connectivity index (χ3v) is 2.08. The SMILES string of the molecule is CNCCN(C)c1cccc(C(N)=O)n1. The fourth-order valence-electron chi connectivity index (χ4n) is 1.17. The summed E-state index contributed by atoms with van der Waals surface area (Å²) in [5.74, 6) is 0.250. The summed E-state index contributed by atoms with van der Waals surface area (Å²) in [6.07, 6.45) is 0. The van der Waals surface area contributed by atoms with Crippen molar-refractivity contribution < 1.29 is 4.79 Å². The molecule has 1 amide bonds. The monoisotopic (exact) mass is 208 g/mol. The number of hydrogen-bond acceptors (Lipinski definition) is 4. The maximum absolute atomic E-state index is 10.9. The van der Waals surface area contributed by atoms with Crippen LogP contribution in [0, 0.1) is 0 Å². The molecule has 0 unspecified atom stereocenters. The Morgan fingerprint density at radius 2 is 2.33 bits per heavy atom. The zero-order chi connectivity index (χ0) is 11.3. The zero-order valence-corrected chi connectivity index (χ0v) is 9.03. The molecule has 1 heterocycles. The Labute approximate surface area is 89.3 Å². The van der Waals surface area contributed by atoms with Crippen LogP contribution >= 0.6 is 0 Å². The summed E-state index contributed by atoms with van der Waals surface area (Å²) in [5, 5.41) is 3.04. The maximum atomic E-state index is 10.9. The van der Waals surface area contributed by atoms with Crippen LogP contribution in [0.2, 0.25) is 0 Å². The topological polar surface area (TPSA) is 71.2 Å². The highest BCUT2D eigenvalue weighted by atomic mass is 16.1. The summed E-state index contributed by atoms with van der Waals surface area (Å²) in [6.45, 7) is 1.69. The van der Waals surface area contributed by atoms with E-state index in [0.29, 0.717) is 5.69 Å². The molecule has 0 bridgehead atoms. The Bertz CT molecular complexity index is 340. The van der Waals surface area contributed by atoms with Gasteiger partial charge in [-0.15, -0.1) is 0 Å². The number of nitrogens with two attached hydrogens (primary N) is 1. The Kier molecular flexibility index (Phi) is 4.05. The van der Waals surface area contributed by atoms with Gasteiger partial charge in [-0.25, -0.2) is 4.98 Å². The Morgan fingerprint density at radius 3 is 2.93 bits per heavy atom. The summed E-state index contributed by atoms with van der Waals surface area (Å²) in [7, 11) is 3.81. The highest BCUT2D eigenvalue weighted by molar-refractivity contribution is 5.91. The van der Waals surface area contributed by atoms with Crippen molar-refractivity contribution >= 4 is 11.7 Å². The lowest BCUT2D eigenvalue weighted by molar-refractivity contribution is 0.0995. The van der Waals surface area contributed by atoms with Crippen molar-refractivity contribution in [3.8, 4) is 0 Å². The van der Waals surface area contributed by atoms with E-state index in [1.807, 2.05) is 25.1 Å². The van der Waals surface area contributed by atoms with Crippen molar-refractivity contribution in [1.82, 2.24) is 10.3 Å². The second-order valence-electron chi connectivity index (χ2n) is 3.27. The van der Waals surface area contributed by atoms with E-state index in [2.05, 4.69) is 10.3 Å². The van der Waals surface area contributed by atoms with Crippen LogP contribution in [0.5, 0.6) is 0 Å². The molecule has 15 heavy (non-hydrogen) atoms. The molecule has 0 saturated carbocycles. The number of carbonyl (C=O) groups excluding carboxylic acids is 1. The first-order chi connectivity index (χ1) is 7.15. The third-order valence-electron chi connectivity index (χ3n) is 2.08. The van der Waals surface area contributed by atoms with Crippen LogP contribution < -0.4 is 16.0 Å². The van der Waals surface area contributed by atoms with E-state index < -0.39 is 5.91 Å². The summed E-state index contributed by atoms with van der Waals surface area (Å²) < 4.78 is 0. The predicted molar refractivity (Wildman–Crippen MR) is 60.0 cm³/mol. The average molecular weight is 208 g/mol. The molecule has 0 aliphatic rings. The third kappa shape index (κ3) is 3.21. The first-order valence-corrected chi connectivity index (χ1v) is 4.77. The van der Waals surface area contributed by atoms with Crippen molar-refractivity contribution in [3.63, 3.8) is 0 Å². The van der Waals surface area contributed by atoms with Crippen LogP contribution in [0.1, 0.15) is 10.5 Å². The minimum Gasteiger partial charge on any atom is -0.364 e. The molecule has 0 atom stereocenters. The molecule has 0 fully saturated rings. The lowest BCUT2D eigenvalue weighted by Gasteiger charge is -2.17. The highest BCUT2D eigenvalue weighted by Gasteiger charge is 2.05. The standard InChI is InChI=1S/C10H16N4O/c1-12-6-7-14(2)9-5-3-4-8(13-9)10(11)15/h3-5,12H,6-7H2,1-2H3,(H2,11,15). The highest BCUT2D eigenvalue weighted by Crippen LogP contribution is 2.08. The molecule has 1 rings (SSSR count). The van der Waals surface area contributed by atoms with Gasteiger partial charge >= 0.3 is 0 Å². The van der Waals surface area contributed by atoms with E-state index in [9.17, 15) is 4.79 Å². The van der Waals surface area contributed by atoms with Gasteiger partial charge in [-0.3, -0.25) is 4.79 Å². The number of hydrogen-bond donors (Lipinski definition) is 2. The number of carbonyl (C=O) groups is 1. The van der Waals surface area contributed by atoms with E-state index in [0.717, 1.165) is 18.9 Å². The van der Waals surface area contributed by atoms with Crippen LogP contribution in [-0.4, -0.2) is 38.1 Å². The first-order valence-electron chi connectivity index (χ1n) is 4.77.